The molecular weight excluding hydrogens is 393 g/mol. The molecule has 0 aliphatic rings. The molecule has 1 aromatic heterocycles. The quantitative estimate of drug-likeness (QED) is 0.610. The second kappa shape index (κ2) is 8.95. The second-order valence-electron chi connectivity index (χ2n) is 6.21. The highest BCUT2D eigenvalue weighted by Crippen LogP contribution is 2.40. The lowest BCUT2D eigenvalue weighted by Gasteiger charge is -2.29. The summed E-state index contributed by atoms with van der Waals surface area (Å²) < 4.78 is 46.8. The average molecular weight is 414 g/mol. The van der Waals surface area contributed by atoms with Gasteiger partial charge in [-0.3, -0.25) is 9.59 Å². The first-order valence-corrected chi connectivity index (χ1v) is 8.63. The molecule has 158 valence electrons. The summed E-state index contributed by atoms with van der Waals surface area (Å²) in [7, 11) is 1.28. The summed E-state index contributed by atoms with van der Waals surface area (Å²) in [6.07, 6.45) is -4.08. The lowest BCUT2D eigenvalue weighted by molar-refractivity contribution is -0.270. The highest BCUT2D eigenvalue weighted by atomic mass is 19.4. The number of carbonyl (C=O) groups excluding carboxylic acids is 2. The third-order valence-corrected chi connectivity index (χ3v) is 3.94. The number of likely N-dealkylation sites (N-methyl/N-ethyl adjacent to an activating group) is 1. The van der Waals surface area contributed by atoms with Crippen LogP contribution in [0.25, 0.3) is 0 Å². The van der Waals surface area contributed by atoms with Crippen LogP contribution in [0, 0.1) is 0 Å². The van der Waals surface area contributed by atoms with Crippen molar-refractivity contribution in [2.24, 2.45) is 7.05 Å². The fourth-order valence-corrected chi connectivity index (χ4v) is 2.57. The standard InChI is InChI=1S/C18H21F3N4O4/c1-3-22-15(27)11-29-13-6-4-5-12(9-13)24-14(26)10-17(28,18(19,20)21)16-23-7-8-25(16)2/h4-9,28H,3,10-11H2,1-2H3,(H,22,27)(H,24,26). The highest BCUT2D eigenvalue weighted by Gasteiger charge is 2.58. The molecule has 8 nitrogen and oxygen atoms in total. The van der Waals surface area contributed by atoms with Crippen molar-refractivity contribution in [1.82, 2.24) is 14.9 Å². The molecule has 0 bridgehead atoms. The smallest absolute Gasteiger partial charge is 0.425 e. The molecule has 2 amide bonds. The number of nitrogens with one attached hydrogen (secondary N) is 2. The molecule has 0 spiro atoms. The van der Waals surface area contributed by atoms with Gasteiger partial charge in [-0.1, -0.05) is 6.07 Å². The van der Waals surface area contributed by atoms with Crippen molar-refractivity contribution < 1.29 is 32.6 Å². The van der Waals surface area contributed by atoms with Gasteiger partial charge in [0.25, 0.3) is 5.91 Å². The van der Waals surface area contributed by atoms with Crippen LogP contribution in [0.4, 0.5) is 18.9 Å². The van der Waals surface area contributed by atoms with Gasteiger partial charge in [0, 0.05) is 37.7 Å². The second-order valence-corrected chi connectivity index (χ2v) is 6.21. The molecule has 2 aromatic rings. The van der Waals surface area contributed by atoms with E-state index >= 15 is 0 Å². The van der Waals surface area contributed by atoms with Gasteiger partial charge in [-0.15, -0.1) is 0 Å². The van der Waals surface area contributed by atoms with Crippen molar-refractivity contribution in [3.05, 3.63) is 42.5 Å². The predicted molar refractivity (Wildman–Crippen MR) is 97.0 cm³/mol. The maximum absolute atomic E-state index is 13.5. The van der Waals surface area contributed by atoms with E-state index in [0.29, 0.717) is 6.54 Å². The van der Waals surface area contributed by atoms with Gasteiger partial charge in [0.05, 0.1) is 6.42 Å². The Morgan fingerprint density at radius 3 is 2.59 bits per heavy atom. The number of amides is 2. The zero-order chi connectivity index (χ0) is 21.7. The molecule has 1 aromatic carbocycles. The Kier molecular flexibility index (Phi) is 6.85. The Morgan fingerprint density at radius 1 is 1.28 bits per heavy atom. The monoisotopic (exact) mass is 414 g/mol. The Bertz CT molecular complexity index is 869. The molecule has 1 atom stereocenters. The third kappa shape index (κ3) is 5.47. The van der Waals surface area contributed by atoms with Crippen molar-refractivity contribution in [2.75, 3.05) is 18.5 Å². The van der Waals surface area contributed by atoms with Gasteiger partial charge >= 0.3 is 6.18 Å². The van der Waals surface area contributed by atoms with E-state index in [-0.39, 0.29) is 24.0 Å². The highest BCUT2D eigenvalue weighted by molar-refractivity contribution is 5.91. The lowest BCUT2D eigenvalue weighted by Crippen LogP contribution is -2.46. The molecule has 0 saturated carbocycles. The molecule has 1 unspecified atom stereocenters. The van der Waals surface area contributed by atoms with Gasteiger partial charge in [0.1, 0.15) is 5.75 Å². The van der Waals surface area contributed by atoms with Crippen LogP contribution < -0.4 is 15.4 Å². The van der Waals surface area contributed by atoms with Crippen LogP contribution in [0.3, 0.4) is 0 Å². The Balaban J connectivity index is 2.10. The molecule has 2 rings (SSSR count). The van der Waals surface area contributed by atoms with Gasteiger partial charge in [-0.25, -0.2) is 4.98 Å². The lowest BCUT2D eigenvalue weighted by atomic mass is 9.97. The zero-order valence-electron chi connectivity index (χ0n) is 15.8. The minimum atomic E-state index is -5.12. The van der Waals surface area contributed by atoms with Crippen LogP contribution in [0.1, 0.15) is 19.2 Å². The number of nitrogens with zero attached hydrogens (tertiary/aromatic N) is 2. The number of ether oxygens (including phenoxy) is 1. The van der Waals surface area contributed by atoms with E-state index in [4.69, 9.17) is 4.74 Å². The van der Waals surface area contributed by atoms with Crippen LogP contribution in [-0.2, 0) is 22.2 Å². The van der Waals surface area contributed by atoms with E-state index in [9.17, 15) is 27.9 Å². The van der Waals surface area contributed by atoms with E-state index in [1.807, 2.05) is 0 Å². The molecule has 0 saturated heterocycles. The van der Waals surface area contributed by atoms with Crippen molar-refractivity contribution in [3.63, 3.8) is 0 Å². The topological polar surface area (TPSA) is 105 Å². The van der Waals surface area contributed by atoms with E-state index in [2.05, 4.69) is 15.6 Å². The summed E-state index contributed by atoms with van der Waals surface area (Å²) in [5.74, 6) is -1.87. The largest absolute Gasteiger partial charge is 0.484 e. The maximum Gasteiger partial charge on any atom is 0.425 e. The average Bonchev–Trinajstić information content (AvgIpc) is 3.06. The normalized spacial score (nSPS) is 13.4. The summed E-state index contributed by atoms with van der Waals surface area (Å²) in [5, 5.41) is 15.1. The van der Waals surface area contributed by atoms with Crippen LogP contribution in [0.2, 0.25) is 0 Å². The molecule has 0 radical (unpaired) electrons. The predicted octanol–water partition coefficient (Wildman–Crippen LogP) is 1.71. The number of rotatable bonds is 8. The minimum absolute atomic E-state index is 0.146. The summed E-state index contributed by atoms with van der Waals surface area (Å²) in [6, 6.07) is 5.81. The van der Waals surface area contributed by atoms with E-state index in [1.54, 1.807) is 6.92 Å². The molecule has 0 aliphatic carbocycles. The SMILES string of the molecule is CCNC(=O)COc1cccc(NC(=O)CC(O)(c2nccn2C)C(F)(F)F)c1. The van der Waals surface area contributed by atoms with Crippen LogP contribution in [0.5, 0.6) is 5.75 Å². The van der Waals surface area contributed by atoms with Gasteiger partial charge in [0.15, 0.2) is 12.4 Å². The number of aliphatic hydroxyl groups is 1. The summed E-state index contributed by atoms with van der Waals surface area (Å²) in [6.45, 7) is 1.94. The number of aromatic nitrogens is 2. The van der Waals surface area contributed by atoms with E-state index in [0.717, 1.165) is 10.8 Å². The van der Waals surface area contributed by atoms with Gasteiger partial charge in [-0.2, -0.15) is 13.2 Å². The van der Waals surface area contributed by atoms with Crippen molar-refractivity contribution >= 4 is 17.5 Å². The van der Waals surface area contributed by atoms with Crippen molar-refractivity contribution in [1.29, 1.82) is 0 Å². The maximum atomic E-state index is 13.5. The number of carbonyl (C=O) groups is 2. The molecule has 11 heteroatoms. The third-order valence-electron chi connectivity index (χ3n) is 3.94. The number of benzene rings is 1. The van der Waals surface area contributed by atoms with Crippen LogP contribution in [0.15, 0.2) is 36.7 Å². The Labute approximate surface area is 164 Å². The van der Waals surface area contributed by atoms with Gasteiger partial charge < -0.3 is 25.0 Å². The fourth-order valence-electron chi connectivity index (χ4n) is 2.57. The Hall–Kier alpha value is -3.08. The zero-order valence-corrected chi connectivity index (χ0v) is 15.8. The molecule has 0 aliphatic heterocycles. The van der Waals surface area contributed by atoms with Crippen LogP contribution >= 0.6 is 0 Å². The summed E-state index contributed by atoms with van der Waals surface area (Å²) >= 11 is 0. The molecule has 29 heavy (non-hydrogen) atoms. The molecular formula is C18H21F3N4O4. The van der Waals surface area contributed by atoms with Crippen molar-refractivity contribution in [3.8, 4) is 5.75 Å². The molecule has 3 N–H and O–H groups in total. The van der Waals surface area contributed by atoms with Crippen molar-refractivity contribution in [2.45, 2.75) is 25.1 Å². The molecule has 1 heterocycles. The number of halogens is 3. The first kappa shape index (κ1) is 22.2. The van der Waals surface area contributed by atoms with Crippen LogP contribution in [-0.4, -0.2) is 45.8 Å². The van der Waals surface area contributed by atoms with Gasteiger partial charge in [0.2, 0.25) is 11.5 Å². The number of aryl methyl sites for hydroxylation is 1. The Morgan fingerprint density at radius 2 is 2.00 bits per heavy atom. The van der Waals surface area contributed by atoms with Gasteiger partial charge in [-0.05, 0) is 19.1 Å². The fraction of sp³-hybridized carbons (Fsp3) is 0.389. The van der Waals surface area contributed by atoms with E-state index < -0.39 is 29.9 Å². The summed E-state index contributed by atoms with van der Waals surface area (Å²) in [4.78, 5) is 27.2. The number of hydrogen-bond donors (Lipinski definition) is 3. The summed E-state index contributed by atoms with van der Waals surface area (Å²) in [5.41, 5.74) is -3.31. The first-order chi connectivity index (χ1) is 13.6. The minimum Gasteiger partial charge on any atom is -0.484 e. The van der Waals surface area contributed by atoms with E-state index in [1.165, 1.54) is 37.5 Å². The number of imidazole rings is 1. The first-order valence-electron chi connectivity index (χ1n) is 8.63. The molecule has 0 fully saturated rings. The number of hydrogen-bond acceptors (Lipinski definition) is 5. The number of alkyl halides is 3. The number of anilines is 1.